The molecule has 7 nitrogen and oxygen atoms in total. The highest BCUT2D eigenvalue weighted by Crippen LogP contribution is 2.03. The zero-order valence-corrected chi connectivity index (χ0v) is 10.2. The fraction of sp³-hybridized carbons (Fsp3) is 0.167. The van der Waals surface area contributed by atoms with Crippen molar-refractivity contribution in [3.05, 3.63) is 47.9 Å². The van der Waals surface area contributed by atoms with Crippen LogP contribution in [-0.2, 0) is 6.54 Å². The third-order valence-electron chi connectivity index (χ3n) is 2.64. The summed E-state index contributed by atoms with van der Waals surface area (Å²) < 4.78 is 6.65. The summed E-state index contributed by atoms with van der Waals surface area (Å²) in [6.07, 6.45) is 3.18. The number of rotatable bonds is 3. The Hall–Kier alpha value is -2.70. The molecule has 3 heterocycles. The van der Waals surface area contributed by atoms with Crippen molar-refractivity contribution >= 4 is 11.7 Å². The second-order valence-corrected chi connectivity index (χ2v) is 4.00. The highest BCUT2D eigenvalue weighted by molar-refractivity contribution is 5.90. The number of amides is 1. The van der Waals surface area contributed by atoms with Crippen LogP contribution in [0.3, 0.4) is 0 Å². The lowest BCUT2D eigenvalue weighted by Crippen LogP contribution is -2.23. The van der Waals surface area contributed by atoms with Crippen molar-refractivity contribution < 1.29 is 9.21 Å². The number of carbonyl (C=O) groups is 1. The molecule has 0 saturated carbocycles. The van der Waals surface area contributed by atoms with Crippen molar-refractivity contribution in [2.75, 3.05) is 0 Å². The summed E-state index contributed by atoms with van der Waals surface area (Å²) in [5.74, 6) is 0.809. The SMILES string of the molecule is Cc1ccnc2nc(C(=O)NCc3ccco3)nn12. The van der Waals surface area contributed by atoms with Crippen molar-refractivity contribution in [3.63, 3.8) is 0 Å². The Morgan fingerprint density at radius 3 is 3.11 bits per heavy atom. The van der Waals surface area contributed by atoms with E-state index in [9.17, 15) is 4.79 Å². The molecule has 1 N–H and O–H groups in total. The Balaban J connectivity index is 1.80. The molecule has 3 aromatic rings. The van der Waals surface area contributed by atoms with Gasteiger partial charge in [-0.1, -0.05) is 0 Å². The van der Waals surface area contributed by atoms with Crippen molar-refractivity contribution in [1.82, 2.24) is 24.9 Å². The molecule has 0 bridgehead atoms. The number of hydrogen-bond acceptors (Lipinski definition) is 5. The number of carbonyl (C=O) groups excluding carboxylic acids is 1. The van der Waals surface area contributed by atoms with Crippen LogP contribution in [-0.4, -0.2) is 25.5 Å². The van der Waals surface area contributed by atoms with Crippen LogP contribution < -0.4 is 5.32 Å². The summed E-state index contributed by atoms with van der Waals surface area (Å²) in [6, 6.07) is 5.34. The molecule has 0 fully saturated rings. The van der Waals surface area contributed by atoms with Crippen LogP contribution in [0.5, 0.6) is 0 Å². The van der Waals surface area contributed by atoms with Crippen LogP contribution in [0.25, 0.3) is 5.78 Å². The van der Waals surface area contributed by atoms with Crippen LogP contribution in [0.1, 0.15) is 22.1 Å². The van der Waals surface area contributed by atoms with E-state index in [1.807, 2.05) is 6.92 Å². The summed E-state index contributed by atoms with van der Waals surface area (Å²) in [4.78, 5) is 20.0. The van der Waals surface area contributed by atoms with Crippen LogP contribution in [0.2, 0.25) is 0 Å². The van der Waals surface area contributed by atoms with Gasteiger partial charge in [0.25, 0.3) is 11.7 Å². The lowest BCUT2D eigenvalue weighted by atomic mass is 10.4. The molecule has 0 aromatic carbocycles. The molecule has 96 valence electrons. The maximum absolute atomic E-state index is 11.9. The van der Waals surface area contributed by atoms with Crippen LogP contribution in [0.15, 0.2) is 35.1 Å². The first-order valence-electron chi connectivity index (χ1n) is 5.73. The summed E-state index contributed by atoms with van der Waals surface area (Å²) >= 11 is 0. The van der Waals surface area contributed by atoms with E-state index in [4.69, 9.17) is 4.42 Å². The third-order valence-corrected chi connectivity index (χ3v) is 2.64. The molecule has 0 unspecified atom stereocenters. The molecule has 0 aliphatic heterocycles. The third kappa shape index (κ3) is 2.17. The lowest BCUT2D eigenvalue weighted by molar-refractivity contribution is 0.0938. The quantitative estimate of drug-likeness (QED) is 0.755. The zero-order valence-electron chi connectivity index (χ0n) is 10.2. The fourth-order valence-corrected chi connectivity index (χ4v) is 1.66. The van der Waals surface area contributed by atoms with Gasteiger partial charge in [0.15, 0.2) is 0 Å². The smallest absolute Gasteiger partial charge is 0.291 e. The first-order valence-corrected chi connectivity index (χ1v) is 5.73. The van der Waals surface area contributed by atoms with Gasteiger partial charge in [-0.05, 0) is 25.1 Å². The van der Waals surface area contributed by atoms with E-state index in [-0.39, 0.29) is 11.7 Å². The Bertz CT molecular complexity index is 717. The molecule has 3 aromatic heterocycles. The number of aromatic nitrogens is 4. The highest BCUT2D eigenvalue weighted by Gasteiger charge is 2.14. The lowest BCUT2D eigenvalue weighted by Gasteiger charge is -1.98. The number of furan rings is 1. The molecule has 7 heteroatoms. The summed E-state index contributed by atoms with van der Waals surface area (Å²) in [5.41, 5.74) is 0.864. The fourth-order valence-electron chi connectivity index (χ4n) is 1.66. The molecule has 0 aliphatic rings. The van der Waals surface area contributed by atoms with Gasteiger partial charge in [-0.15, -0.1) is 5.10 Å². The van der Waals surface area contributed by atoms with Gasteiger partial charge in [0, 0.05) is 11.9 Å². The second kappa shape index (κ2) is 4.52. The van der Waals surface area contributed by atoms with E-state index in [1.54, 1.807) is 30.7 Å². The Labute approximate surface area is 108 Å². The molecular formula is C12H11N5O2. The van der Waals surface area contributed by atoms with E-state index >= 15 is 0 Å². The number of nitrogens with one attached hydrogen (secondary N) is 1. The predicted molar refractivity (Wildman–Crippen MR) is 65.4 cm³/mol. The first kappa shape index (κ1) is 11.4. The van der Waals surface area contributed by atoms with E-state index in [2.05, 4.69) is 20.4 Å². The molecule has 0 atom stereocenters. The number of aryl methyl sites for hydroxylation is 1. The minimum atomic E-state index is -0.360. The Kier molecular flexibility index (Phi) is 2.71. The van der Waals surface area contributed by atoms with Crippen molar-refractivity contribution in [1.29, 1.82) is 0 Å². The van der Waals surface area contributed by atoms with E-state index in [0.717, 1.165) is 5.69 Å². The molecule has 1 amide bonds. The van der Waals surface area contributed by atoms with Crippen molar-refractivity contribution in [2.24, 2.45) is 0 Å². The molecule has 0 radical (unpaired) electrons. The number of fused-ring (bicyclic) bond motifs is 1. The van der Waals surface area contributed by atoms with Crippen molar-refractivity contribution in [2.45, 2.75) is 13.5 Å². The monoisotopic (exact) mass is 257 g/mol. The average molecular weight is 257 g/mol. The first-order chi connectivity index (χ1) is 9.24. The minimum absolute atomic E-state index is 0.0911. The molecule has 0 spiro atoms. The summed E-state index contributed by atoms with van der Waals surface area (Å²) in [6.45, 7) is 2.17. The molecular weight excluding hydrogens is 246 g/mol. The van der Waals surface area contributed by atoms with Gasteiger partial charge >= 0.3 is 0 Å². The summed E-state index contributed by atoms with van der Waals surface area (Å²) in [5, 5.41) is 6.80. The molecule has 0 aliphatic carbocycles. The van der Waals surface area contributed by atoms with Gasteiger partial charge in [-0.3, -0.25) is 4.79 Å². The van der Waals surface area contributed by atoms with Crippen LogP contribution >= 0.6 is 0 Å². The van der Waals surface area contributed by atoms with E-state index < -0.39 is 0 Å². The van der Waals surface area contributed by atoms with Gasteiger partial charge in [-0.25, -0.2) is 9.50 Å². The minimum Gasteiger partial charge on any atom is -0.467 e. The topological polar surface area (TPSA) is 85.3 Å². The number of hydrogen-bond donors (Lipinski definition) is 1. The maximum Gasteiger partial charge on any atom is 0.291 e. The Morgan fingerprint density at radius 1 is 1.47 bits per heavy atom. The van der Waals surface area contributed by atoms with Gasteiger partial charge in [0.2, 0.25) is 5.82 Å². The van der Waals surface area contributed by atoms with Gasteiger partial charge in [-0.2, -0.15) is 4.98 Å². The average Bonchev–Trinajstić information content (AvgIpc) is 3.05. The number of nitrogens with zero attached hydrogens (tertiary/aromatic N) is 4. The molecule has 0 saturated heterocycles. The molecule has 3 rings (SSSR count). The predicted octanol–water partition coefficient (Wildman–Crippen LogP) is 0.956. The molecule has 19 heavy (non-hydrogen) atoms. The van der Waals surface area contributed by atoms with E-state index in [0.29, 0.717) is 18.1 Å². The van der Waals surface area contributed by atoms with Gasteiger partial charge in [0.05, 0.1) is 12.8 Å². The van der Waals surface area contributed by atoms with Gasteiger partial charge in [0.1, 0.15) is 5.76 Å². The van der Waals surface area contributed by atoms with Crippen LogP contribution in [0.4, 0.5) is 0 Å². The summed E-state index contributed by atoms with van der Waals surface area (Å²) in [7, 11) is 0. The highest BCUT2D eigenvalue weighted by atomic mass is 16.3. The van der Waals surface area contributed by atoms with Crippen LogP contribution in [0, 0.1) is 6.92 Å². The van der Waals surface area contributed by atoms with E-state index in [1.165, 1.54) is 4.52 Å². The normalized spacial score (nSPS) is 10.8. The second-order valence-electron chi connectivity index (χ2n) is 4.00. The van der Waals surface area contributed by atoms with Gasteiger partial charge < -0.3 is 9.73 Å². The Morgan fingerprint density at radius 2 is 2.37 bits per heavy atom. The largest absolute Gasteiger partial charge is 0.467 e. The standard InChI is InChI=1S/C12H11N5O2/c1-8-4-5-13-12-15-10(16-17(8)12)11(18)14-7-9-3-2-6-19-9/h2-6H,7H2,1H3,(H,14,18). The zero-order chi connectivity index (χ0) is 13.2. The maximum atomic E-state index is 11.9. The van der Waals surface area contributed by atoms with Crippen molar-refractivity contribution in [3.8, 4) is 0 Å².